The van der Waals surface area contributed by atoms with Crippen LogP contribution >= 0.6 is 0 Å². The Balaban J connectivity index is 0.00000210. The van der Waals surface area contributed by atoms with E-state index in [2.05, 4.69) is 14.9 Å². The number of pyridine rings is 2. The Hall–Kier alpha value is -2.96. The van der Waals surface area contributed by atoms with E-state index in [4.69, 9.17) is 5.73 Å². The molecule has 1 aliphatic rings. The number of carbonyl (C=O) groups excluding carboxylic acids is 2. The zero-order chi connectivity index (χ0) is 19.4. The number of ketones is 1. The van der Waals surface area contributed by atoms with Gasteiger partial charge >= 0.3 is 0 Å². The number of nitrogen functional groups attached to an aromatic ring is 1. The molecule has 2 aromatic rings. The van der Waals surface area contributed by atoms with Crippen molar-refractivity contribution in [3.05, 3.63) is 47.8 Å². The first-order valence-electron chi connectivity index (χ1n) is 9.23. The van der Waals surface area contributed by atoms with Gasteiger partial charge in [0.25, 0.3) is 0 Å². The van der Waals surface area contributed by atoms with Crippen molar-refractivity contribution >= 4 is 23.3 Å². The molecule has 7 nitrogen and oxygen atoms in total. The molecule has 1 fully saturated rings. The summed E-state index contributed by atoms with van der Waals surface area (Å²) in [4.78, 5) is 37.5. The maximum Gasteiger partial charge on any atom is 0.225 e. The largest absolute Gasteiger partial charge is 0.383 e. The molecule has 1 amide bonds. The number of amides is 1. The molecule has 7 heteroatoms. The molecular weight excluding hydrogens is 342 g/mol. The molecule has 0 radical (unpaired) electrons. The standard InChI is InChI=1S/C20H25N5O2.2H2/c1-14(2)20(27)25-11-5-10-24(12-13-25)17-8-3-7-16(23-17)18(26)15-6-4-9-22-19(15)21;;/h3-4,6-9,14H,5,10-13H2,1-2H3,(H2,21,22);2*1H. The van der Waals surface area contributed by atoms with Crippen molar-refractivity contribution in [3.63, 3.8) is 0 Å². The lowest BCUT2D eigenvalue weighted by atomic mass is 10.1. The lowest BCUT2D eigenvalue weighted by molar-refractivity contribution is -0.134. The van der Waals surface area contributed by atoms with Crippen molar-refractivity contribution in [3.8, 4) is 0 Å². The van der Waals surface area contributed by atoms with Crippen LogP contribution in [0, 0.1) is 5.92 Å². The van der Waals surface area contributed by atoms with Gasteiger partial charge < -0.3 is 15.5 Å². The summed E-state index contributed by atoms with van der Waals surface area (Å²) < 4.78 is 0. The summed E-state index contributed by atoms with van der Waals surface area (Å²) in [5, 5.41) is 0. The molecule has 0 spiro atoms. The predicted molar refractivity (Wildman–Crippen MR) is 109 cm³/mol. The summed E-state index contributed by atoms with van der Waals surface area (Å²) in [7, 11) is 0. The third kappa shape index (κ3) is 4.24. The van der Waals surface area contributed by atoms with E-state index < -0.39 is 0 Å². The molecule has 3 rings (SSSR count). The Morgan fingerprint density at radius 1 is 1.11 bits per heavy atom. The van der Waals surface area contributed by atoms with Crippen LogP contribution in [0.25, 0.3) is 0 Å². The number of carbonyl (C=O) groups is 2. The Bertz CT molecular complexity index is 847. The van der Waals surface area contributed by atoms with Crippen molar-refractivity contribution in [1.82, 2.24) is 14.9 Å². The molecule has 3 heterocycles. The number of hydrogen-bond donors (Lipinski definition) is 1. The van der Waals surface area contributed by atoms with E-state index in [9.17, 15) is 9.59 Å². The third-order valence-electron chi connectivity index (χ3n) is 4.68. The fourth-order valence-electron chi connectivity index (χ4n) is 3.21. The van der Waals surface area contributed by atoms with Gasteiger partial charge in [-0.3, -0.25) is 9.59 Å². The predicted octanol–water partition coefficient (Wildman–Crippen LogP) is 2.48. The lowest BCUT2D eigenvalue weighted by Crippen LogP contribution is -2.37. The number of nitrogens with two attached hydrogens (primary N) is 1. The SMILES string of the molecule is CC(C)C(=O)N1CCCN(c2cccc(C(=O)c3cccnc3N)n2)CC1.[HH].[HH]. The zero-order valence-electron chi connectivity index (χ0n) is 15.8. The van der Waals surface area contributed by atoms with Crippen LogP contribution in [0.3, 0.4) is 0 Å². The Kier molecular flexibility index (Phi) is 5.69. The molecule has 0 aromatic carbocycles. The highest BCUT2D eigenvalue weighted by Gasteiger charge is 2.22. The highest BCUT2D eigenvalue weighted by atomic mass is 16.2. The van der Waals surface area contributed by atoms with E-state index >= 15 is 0 Å². The van der Waals surface area contributed by atoms with Gasteiger partial charge in [-0.2, -0.15) is 0 Å². The summed E-state index contributed by atoms with van der Waals surface area (Å²) >= 11 is 0. The van der Waals surface area contributed by atoms with E-state index in [1.807, 2.05) is 30.9 Å². The number of rotatable bonds is 4. The quantitative estimate of drug-likeness (QED) is 0.830. The van der Waals surface area contributed by atoms with Gasteiger partial charge in [-0.1, -0.05) is 19.9 Å². The summed E-state index contributed by atoms with van der Waals surface area (Å²) in [6, 6.07) is 8.74. The van der Waals surface area contributed by atoms with E-state index in [0.29, 0.717) is 24.3 Å². The number of nitrogens with zero attached hydrogens (tertiary/aromatic N) is 4. The molecule has 146 valence electrons. The topological polar surface area (TPSA) is 92.4 Å². The molecule has 0 saturated carbocycles. The van der Waals surface area contributed by atoms with Gasteiger partial charge in [-0.05, 0) is 30.7 Å². The Labute approximate surface area is 162 Å². The maximum absolute atomic E-state index is 12.7. The van der Waals surface area contributed by atoms with Gasteiger partial charge in [0.15, 0.2) is 0 Å². The first kappa shape index (κ1) is 18.8. The highest BCUT2D eigenvalue weighted by Crippen LogP contribution is 2.18. The second-order valence-electron chi connectivity index (χ2n) is 6.97. The van der Waals surface area contributed by atoms with Crippen LogP contribution in [0.15, 0.2) is 36.5 Å². The van der Waals surface area contributed by atoms with Gasteiger partial charge in [0, 0.05) is 41.1 Å². The van der Waals surface area contributed by atoms with Crippen molar-refractivity contribution < 1.29 is 12.4 Å². The van der Waals surface area contributed by atoms with Crippen LogP contribution in [0.2, 0.25) is 0 Å². The van der Waals surface area contributed by atoms with Crippen molar-refractivity contribution in [1.29, 1.82) is 0 Å². The van der Waals surface area contributed by atoms with E-state index in [-0.39, 0.29) is 26.3 Å². The van der Waals surface area contributed by atoms with Gasteiger partial charge in [0.1, 0.15) is 17.3 Å². The molecule has 2 aromatic heterocycles. The van der Waals surface area contributed by atoms with E-state index in [1.165, 1.54) is 0 Å². The van der Waals surface area contributed by atoms with Crippen molar-refractivity contribution in [2.75, 3.05) is 36.8 Å². The van der Waals surface area contributed by atoms with Crippen LogP contribution in [-0.4, -0.2) is 52.7 Å². The van der Waals surface area contributed by atoms with Crippen LogP contribution in [0.1, 0.15) is 39.2 Å². The molecule has 0 aliphatic carbocycles. The lowest BCUT2D eigenvalue weighted by Gasteiger charge is -2.24. The van der Waals surface area contributed by atoms with Crippen LogP contribution in [-0.2, 0) is 4.79 Å². The summed E-state index contributed by atoms with van der Waals surface area (Å²) in [6.45, 7) is 6.74. The molecular formula is C20H29N5O2. The minimum Gasteiger partial charge on any atom is -0.383 e. The number of anilines is 2. The minimum atomic E-state index is -0.242. The first-order valence-corrected chi connectivity index (χ1v) is 9.23. The summed E-state index contributed by atoms with van der Waals surface area (Å²) in [5.41, 5.74) is 6.51. The first-order chi connectivity index (χ1) is 13.0. The minimum absolute atomic E-state index is 0. The molecule has 2 N–H and O–H groups in total. The number of hydrogen-bond acceptors (Lipinski definition) is 6. The van der Waals surface area contributed by atoms with E-state index in [0.717, 1.165) is 25.3 Å². The average Bonchev–Trinajstić information content (AvgIpc) is 2.93. The van der Waals surface area contributed by atoms with Crippen molar-refractivity contribution in [2.24, 2.45) is 5.92 Å². The third-order valence-corrected chi connectivity index (χ3v) is 4.68. The fourth-order valence-corrected chi connectivity index (χ4v) is 3.21. The van der Waals surface area contributed by atoms with Gasteiger partial charge in [-0.15, -0.1) is 0 Å². The second-order valence-corrected chi connectivity index (χ2v) is 6.97. The monoisotopic (exact) mass is 371 g/mol. The van der Waals surface area contributed by atoms with Gasteiger partial charge in [0.2, 0.25) is 11.7 Å². The normalized spacial score (nSPS) is 14.9. The molecule has 0 bridgehead atoms. The zero-order valence-corrected chi connectivity index (χ0v) is 15.8. The van der Waals surface area contributed by atoms with Gasteiger partial charge in [0.05, 0.1) is 5.56 Å². The Morgan fingerprint density at radius 2 is 1.93 bits per heavy atom. The maximum atomic E-state index is 12.7. The van der Waals surface area contributed by atoms with E-state index in [1.54, 1.807) is 24.4 Å². The van der Waals surface area contributed by atoms with Crippen LogP contribution in [0.4, 0.5) is 11.6 Å². The van der Waals surface area contributed by atoms with Crippen LogP contribution < -0.4 is 10.6 Å². The average molecular weight is 371 g/mol. The highest BCUT2D eigenvalue weighted by molar-refractivity contribution is 6.10. The number of aromatic nitrogens is 2. The molecule has 0 unspecified atom stereocenters. The smallest absolute Gasteiger partial charge is 0.225 e. The Morgan fingerprint density at radius 3 is 2.67 bits per heavy atom. The molecule has 27 heavy (non-hydrogen) atoms. The molecule has 1 aliphatic heterocycles. The summed E-state index contributed by atoms with van der Waals surface area (Å²) in [6.07, 6.45) is 2.42. The van der Waals surface area contributed by atoms with Gasteiger partial charge in [-0.25, -0.2) is 9.97 Å². The fraction of sp³-hybridized carbons (Fsp3) is 0.400. The van der Waals surface area contributed by atoms with Crippen molar-refractivity contribution in [2.45, 2.75) is 20.3 Å². The molecule has 0 atom stereocenters. The van der Waals surface area contributed by atoms with Crippen LogP contribution in [0.5, 0.6) is 0 Å². The molecule has 1 saturated heterocycles. The summed E-state index contributed by atoms with van der Waals surface area (Å²) in [5.74, 6) is 0.879. The second kappa shape index (κ2) is 8.16.